The smallest absolute Gasteiger partial charge is 0.310 e. The van der Waals surface area contributed by atoms with E-state index in [2.05, 4.69) is 4.90 Å². The van der Waals surface area contributed by atoms with E-state index in [0.717, 1.165) is 38.8 Å². The quantitative estimate of drug-likeness (QED) is 0.670. The molecule has 1 fully saturated rings. The van der Waals surface area contributed by atoms with Crippen molar-refractivity contribution in [2.75, 3.05) is 26.2 Å². The predicted molar refractivity (Wildman–Crippen MR) is 57.7 cm³/mol. The van der Waals surface area contributed by atoms with Gasteiger partial charge in [0.2, 0.25) is 0 Å². The molecular weight excluding hydrogens is 194 g/mol. The lowest BCUT2D eigenvalue weighted by molar-refractivity contribution is -0.151. The Labute approximate surface area is 90.9 Å². The molecule has 0 aromatic rings. The van der Waals surface area contributed by atoms with Gasteiger partial charge >= 0.3 is 5.97 Å². The van der Waals surface area contributed by atoms with Crippen LogP contribution in [0.5, 0.6) is 0 Å². The Morgan fingerprint density at radius 1 is 1.47 bits per heavy atom. The molecule has 0 bridgehead atoms. The zero-order valence-corrected chi connectivity index (χ0v) is 9.41. The van der Waals surface area contributed by atoms with Crippen molar-refractivity contribution in [2.24, 2.45) is 5.41 Å². The van der Waals surface area contributed by atoms with Crippen LogP contribution in [-0.2, 0) is 4.79 Å². The van der Waals surface area contributed by atoms with Gasteiger partial charge in [-0.1, -0.05) is 0 Å². The lowest BCUT2D eigenvalue weighted by Gasteiger charge is -2.37. The van der Waals surface area contributed by atoms with E-state index in [1.54, 1.807) is 0 Å². The van der Waals surface area contributed by atoms with Crippen LogP contribution >= 0.6 is 0 Å². The molecule has 0 saturated carbocycles. The van der Waals surface area contributed by atoms with E-state index >= 15 is 0 Å². The molecule has 2 N–H and O–H groups in total. The molecule has 0 aliphatic carbocycles. The number of hydrogen-bond acceptors (Lipinski definition) is 3. The van der Waals surface area contributed by atoms with Crippen LogP contribution < -0.4 is 0 Å². The highest BCUT2D eigenvalue weighted by Gasteiger charge is 2.37. The molecule has 1 heterocycles. The van der Waals surface area contributed by atoms with Crippen LogP contribution in [0.25, 0.3) is 0 Å². The van der Waals surface area contributed by atoms with E-state index < -0.39 is 11.4 Å². The molecule has 0 spiro atoms. The van der Waals surface area contributed by atoms with E-state index in [9.17, 15) is 4.79 Å². The van der Waals surface area contributed by atoms with Crippen molar-refractivity contribution in [1.82, 2.24) is 4.90 Å². The molecule has 4 heteroatoms. The summed E-state index contributed by atoms with van der Waals surface area (Å²) in [7, 11) is 0. The molecule has 0 amide bonds. The maximum Gasteiger partial charge on any atom is 0.310 e. The molecule has 1 saturated heterocycles. The summed E-state index contributed by atoms with van der Waals surface area (Å²) in [6.07, 6.45) is 3.49. The zero-order chi connectivity index (χ0) is 11.3. The van der Waals surface area contributed by atoms with Gasteiger partial charge in [-0.3, -0.25) is 4.79 Å². The monoisotopic (exact) mass is 215 g/mol. The minimum absolute atomic E-state index is 0.226. The fourth-order valence-electron chi connectivity index (χ4n) is 2.16. The number of carboxylic acid groups (broad SMARTS) is 1. The van der Waals surface area contributed by atoms with Crippen LogP contribution in [0.2, 0.25) is 0 Å². The van der Waals surface area contributed by atoms with Gasteiger partial charge in [0.15, 0.2) is 0 Å². The maximum atomic E-state index is 11.1. The molecule has 1 unspecified atom stereocenters. The molecule has 1 aliphatic rings. The van der Waals surface area contributed by atoms with Gasteiger partial charge in [-0.2, -0.15) is 0 Å². The summed E-state index contributed by atoms with van der Waals surface area (Å²) in [6.45, 7) is 4.60. The number of aliphatic hydroxyl groups is 1. The fraction of sp³-hybridized carbons (Fsp3) is 0.909. The van der Waals surface area contributed by atoms with E-state index in [1.807, 2.05) is 6.92 Å². The average Bonchev–Trinajstić information content (AvgIpc) is 2.18. The van der Waals surface area contributed by atoms with Crippen molar-refractivity contribution in [3.8, 4) is 0 Å². The van der Waals surface area contributed by atoms with Gasteiger partial charge < -0.3 is 15.1 Å². The van der Waals surface area contributed by atoms with Crippen LogP contribution in [-0.4, -0.2) is 47.3 Å². The molecule has 88 valence electrons. The summed E-state index contributed by atoms with van der Waals surface area (Å²) in [6, 6.07) is 0. The Bertz CT molecular complexity index is 220. The van der Waals surface area contributed by atoms with Crippen molar-refractivity contribution < 1.29 is 15.0 Å². The summed E-state index contributed by atoms with van der Waals surface area (Å²) in [5, 5.41) is 17.8. The largest absolute Gasteiger partial charge is 0.481 e. The third-order valence-corrected chi connectivity index (χ3v) is 3.17. The van der Waals surface area contributed by atoms with E-state index in [4.69, 9.17) is 10.2 Å². The standard InChI is InChI=1S/C11H21NO3/c1-11(10(14)15)5-4-7-12(9-11)6-2-3-8-13/h13H,2-9H2,1H3,(H,14,15). The first-order valence-electron chi connectivity index (χ1n) is 5.65. The number of hydrogen-bond donors (Lipinski definition) is 2. The molecule has 1 rings (SSSR count). The van der Waals surface area contributed by atoms with Crippen molar-refractivity contribution >= 4 is 5.97 Å². The third kappa shape index (κ3) is 3.47. The summed E-state index contributed by atoms with van der Waals surface area (Å²) in [5.41, 5.74) is -0.572. The average molecular weight is 215 g/mol. The van der Waals surface area contributed by atoms with Crippen molar-refractivity contribution in [3.63, 3.8) is 0 Å². The van der Waals surface area contributed by atoms with Crippen LogP contribution in [0, 0.1) is 5.41 Å². The van der Waals surface area contributed by atoms with Crippen LogP contribution in [0.15, 0.2) is 0 Å². The Morgan fingerprint density at radius 2 is 2.20 bits per heavy atom. The molecule has 15 heavy (non-hydrogen) atoms. The van der Waals surface area contributed by atoms with Crippen LogP contribution in [0.4, 0.5) is 0 Å². The number of nitrogens with zero attached hydrogens (tertiary/aromatic N) is 1. The maximum absolute atomic E-state index is 11.1. The van der Waals surface area contributed by atoms with Gasteiger partial charge in [0.1, 0.15) is 0 Å². The highest BCUT2D eigenvalue weighted by molar-refractivity contribution is 5.74. The molecule has 4 nitrogen and oxygen atoms in total. The topological polar surface area (TPSA) is 60.8 Å². The van der Waals surface area contributed by atoms with Gasteiger partial charge in [0.05, 0.1) is 5.41 Å². The first kappa shape index (κ1) is 12.5. The summed E-state index contributed by atoms with van der Waals surface area (Å²) in [4.78, 5) is 13.3. The third-order valence-electron chi connectivity index (χ3n) is 3.17. The predicted octanol–water partition coefficient (Wildman–Crippen LogP) is 0.946. The Balaban J connectivity index is 2.38. The van der Waals surface area contributed by atoms with Gasteiger partial charge in [0.25, 0.3) is 0 Å². The second-order valence-corrected chi connectivity index (χ2v) is 4.68. The number of carboxylic acids is 1. The molecular formula is C11H21NO3. The normalized spacial score (nSPS) is 27.9. The Kier molecular flexibility index (Phi) is 4.54. The first-order valence-corrected chi connectivity index (χ1v) is 5.65. The molecule has 1 aliphatic heterocycles. The highest BCUT2D eigenvalue weighted by Crippen LogP contribution is 2.29. The molecule has 0 aromatic heterocycles. The lowest BCUT2D eigenvalue weighted by atomic mass is 9.82. The number of likely N-dealkylation sites (tertiary alicyclic amines) is 1. The highest BCUT2D eigenvalue weighted by atomic mass is 16.4. The Hall–Kier alpha value is -0.610. The minimum Gasteiger partial charge on any atom is -0.481 e. The number of aliphatic carboxylic acids is 1. The summed E-state index contributed by atoms with van der Waals surface area (Å²) < 4.78 is 0. The number of piperidine rings is 1. The van der Waals surface area contributed by atoms with Crippen molar-refractivity contribution in [2.45, 2.75) is 32.6 Å². The second-order valence-electron chi connectivity index (χ2n) is 4.68. The zero-order valence-electron chi connectivity index (χ0n) is 9.41. The van der Waals surface area contributed by atoms with Gasteiger partial charge in [0, 0.05) is 13.2 Å². The van der Waals surface area contributed by atoms with Gasteiger partial charge in [-0.15, -0.1) is 0 Å². The summed E-state index contributed by atoms with van der Waals surface area (Å²) in [5.74, 6) is -0.686. The lowest BCUT2D eigenvalue weighted by Crippen LogP contribution is -2.46. The molecule has 0 aromatic carbocycles. The molecule has 0 radical (unpaired) electrons. The first-order chi connectivity index (χ1) is 7.08. The van der Waals surface area contributed by atoms with Gasteiger partial charge in [-0.25, -0.2) is 0 Å². The van der Waals surface area contributed by atoms with Crippen molar-refractivity contribution in [1.29, 1.82) is 0 Å². The van der Waals surface area contributed by atoms with E-state index in [-0.39, 0.29) is 6.61 Å². The second kappa shape index (κ2) is 5.47. The van der Waals surface area contributed by atoms with Crippen LogP contribution in [0.3, 0.4) is 0 Å². The minimum atomic E-state index is -0.686. The SMILES string of the molecule is CC1(C(=O)O)CCCN(CCCCO)C1. The van der Waals surface area contributed by atoms with Crippen LogP contribution in [0.1, 0.15) is 32.6 Å². The molecule has 1 atom stereocenters. The number of carbonyl (C=O) groups is 1. The van der Waals surface area contributed by atoms with E-state index in [0.29, 0.717) is 6.54 Å². The number of aliphatic hydroxyl groups excluding tert-OH is 1. The fourth-order valence-corrected chi connectivity index (χ4v) is 2.16. The number of unbranched alkanes of at least 4 members (excludes halogenated alkanes) is 1. The van der Waals surface area contributed by atoms with Crippen molar-refractivity contribution in [3.05, 3.63) is 0 Å². The number of rotatable bonds is 5. The summed E-state index contributed by atoms with van der Waals surface area (Å²) >= 11 is 0. The Morgan fingerprint density at radius 3 is 2.80 bits per heavy atom. The van der Waals surface area contributed by atoms with E-state index in [1.165, 1.54) is 0 Å². The van der Waals surface area contributed by atoms with Gasteiger partial charge in [-0.05, 0) is 45.7 Å².